The van der Waals surface area contributed by atoms with Crippen molar-refractivity contribution in [3.8, 4) is 0 Å². The molecule has 0 unspecified atom stereocenters. The van der Waals surface area contributed by atoms with Gasteiger partial charge in [-0.1, -0.05) is 12.5 Å². The van der Waals surface area contributed by atoms with Crippen LogP contribution >= 0.6 is 0 Å². The fourth-order valence-corrected chi connectivity index (χ4v) is 7.70. The van der Waals surface area contributed by atoms with Gasteiger partial charge in [-0.2, -0.15) is 0 Å². The van der Waals surface area contributed by atoms with E-state index >= 15 is 0 Å². The zero-order valence-corrected chi connectivity index (χ0v) is 23.9. The molecule has 1 saturated carbocycles. The van der Waals surface area contributed by atoms with Crippen molar-refractivity contribution < 1.29 is 57.1 Å². The zero-order chi connectivity index (χ0) is 29.6. The Bertz CT molecular complexity index is 1210. The van der Waals surface area contributed by atoms with Crippen LogP contribution in [0.2, 0.25) is 0 Å². The van der Waals surface area contributed by atoms with Gasteiger partial charge in [-0.3, -0.25) is 19.2 Å². The molecule has 0 aromatic heterocycles. The number of ether oxygens (including phenoxy) is 7. The van der Waals surface area contributed by atoms with E-state index in [0.29, 0.717) is 5.57 Å². The summed E-state index contributed by atoms with van der Waals surface area (Å²) in [6.07, 6.45) is -3.61. The predicted octanol–water partition coefficient (Wildman–Crippen LogP) is 1.70. The van der Waals surface area contributed by atoms with E-state index in [1.807, 2.05) is 6.92 Å². The van der Waals surface area contributed by atoms with Crippen LogP contribution in [-0.2, 0) is 57.1 Å². The van der Waals surface area contributed by atoms with Crippen LogP contribution in [0.4, 0.5) is 0 Å². The molecule has 5 rings (SSSR count). The lowest BCUT2D eigenvalue weighted by molar-refractivity contribution is -0.228. The Balaban J connectivity index is 1.81. The molecule has 5 aliphatic rings. The average molecular weight is 565 g/mol. The fourth-order valence-electron chi connectivity index (χ4n) is 7.70. The second-order valence-electron chi connectivity index (χ2n) is 12.1. The summed E-state index contributed by atoms with van der Waals surface area (Å²) in [6, 6.07) is 0. The molecule has 11 atom stereocenters. The molecule has 12 heteroatoms. The Morgan fingerprint density at radius 2 is 1.45 bits per heavy atom. The lowest BCUT2D eigenvalue weighted by Crippen LogP contribution is -2.68. The third-order valence-electron chi connectivity index (χ3n) is 9.36. The molecule has 40 heavy (non-hydrogen) atoms. The van der Waals surface area contributed by atoms with Gasteiger partial charge in [0.1, 0.15) is 24.4 Å². The maximum Gasteiger partial charge on any atom is 0.342 e. The summed E-state index contributed by atoms with van der Waals surface area (Å²) < 4.78 is 41.9. The lowest BCUT2D eigenvalue weighted by Gasteiger charge is -2.54. The Morgan fingerprint density at radius 3 is 2.00 bits per heavy atom. The fraction of sp³-hybridized carbons (Fsp3) is 0.750. The van der Waals surface area contributed by atoms with E-state index in [9.17, 15) is 24.0 Å². The number of hydrogen-bond acceptors (Lipinski definition) is 12. The van der Waals surface area contributed by atoms with Gasteiger partial charge in [0.15, 0.2) is 17.3 Å². The highest BCUT2D eigenvalue weighted by Gasteiger charge is 2.89. The Morgan fingerprint density at radius 1 is 0.875 bits per heavy atom. The number of esters is 5. The molecule has 3 saturated heterocycles. The van der Waals surface area contributed by atoms with E-state index in [2.05, 4.69) is 0 Å². The number of rotatable bonds is 4. The van der Waals surface area contributed by atoms with Crippen molar-refractivity contribution in [2.75, 3.05) is 0 Å². The molecular formula is C28H36O12. The minimum absolute atomic E-state index is 0.104. The highest BCUT2D eigenvalue weighted by molar-refractivity contribution is 5.89. The number of fused-ring (bicyclic) bond motifs is 3. The maximum atomic E-state index is 13.1. The number of carbonyl (C=O) groups excluding carboxylic acids is 5. The van der Waals surface area contributed by atoms with E-state index in [1.54, 1.807) is 26.8 Å². The molecule has 3 aliphatic heterocycles. The second kappa shape index (κ2) is 9.01. The van der Waals surface area contributed by atoms with Gasteiger partial charge in [0.2, 0.25) is 0 Å². The Kier molecular flexibility index (Phi) is 6.42. The van der Waals surface area contributed by atoms with E-state index in [4.69, 9.17) is 33.2 Å². The molecule has 4 fully saturated rings. The third kappa shape index (κ3) is 3.97. The van der Waals surface area contributed by atoms with Crippen molar-refractivity contribution in [1.29, 1.82) is 0 Å². The quantitative estimate of drug-likeness (QED) is 0.211. The number of hydrogen-bond donors (Lipinski definition) is 0. The first-order valence-electron chi connectivity index (χ1n) is 13.5. The molecule has 0 radical (unpaired) electrons. The molecule has 1 spiro atoms. The molecule has 0 N–H and O–H groups in total. The van der Waals surface area contributed by atoms with E-state index in [-0.39, 0.29) is 12.8 Å². The van der Waals surface area contributed by atoms with Gasteiger partial charge in [-0.25, -0.2) is 4.79 Å². The highest BCUT2D eigenvalue weighted by atomic mass is 16.7. The Hall–Kier alpha value is -2.99. The lowest BCUT2D eigenvalue weighted by atomic mass is 9.53. The van der Waals surface area contributed by atoms with Gasteiger partial charge in [-0.15, -0.1) is 0 Å². The second-order valence-corrected chi connectivity index (χ2v) is 12.1. The van der Waals surface area contributed by atoms with Crippen LogP contribution in [0.5, 0.6) is 0 Å². The molecule has 12 nitrogen and oxygen atoms in total. The first-order valence-corrected chi connectivity index (χ1v) is 13.5. The van der Waals surface area contributed by atoms with Gasteiger partial charge in [0.05, 0.1) is 17.1 Å². The minimum atomic E-state index is -1.43. The smallest absolute Gasteiger partial charge is 0.342 e. The molecule has 3 heterocycles. The van der Waals surface area contributed by atoms with Crippen molar-refractivity contribution in [2.45, 2.75) is 122 Å². The molecule has 220 valence electrons. The van der Waals surface area contributed by atoms with Crippen molar-refractivity contribution in [3.05, 3.63) is 11.6 Å². The SMILES string of the molecule is CC(=O)O[C@H]1C/C(C)=C\[C@@H]2OC(=O)[C@@]3(C)O[C@]23[C@@H](OC(C)=O)[C@H]2[C@@]3(C)O[C@H]3C[C@H](OC(C)=O)[C@]2(C)[C@@H]1OC(C)=O. The molecule has 0 aromatic carbocycles. The molecule has 2 aliphatic carbocycles. The first-order chi connectivity index (χ1) is 18.5. The van der Waals surface area contributed by atoms with E-state index < -0.39 is 94.6 Å². The van der Waals surface area contributed by atoms with Crippen molar-refractivity contribution in [3.63, 3.8) is 0 Å². The predicted molar refractivity (Wildman–Crippen MR) is 132 cm³/mol. The van der Waals surface area contributed by atoms with Crippen LogP contribution in [0.15, 0.2) is 11.6 Å². The van der Waals surface area contributed by atoms with Crippen molar-refractivity contribution >= 4 is 29.8 Å². The van der Waals surface area contributed by atoms with Crippen LogP contribution in [0.25, 0.3) is 0 Å². The van der Waals surface area contributed by atoms with Gasteiger partial charge < -0.3 is 33.2 Å². The maximum absolute atomic E-state index is 13.1. The standard InChI is InChI=1S/C28H36O12/c1-12-9-17(34-13(2)29)22(36-15(4)31)25(6)18(35-14(3)30)11-19-26(7,39-19)21(25)23(37-16(5)32)28-20(10-12)38-24(33)27(28,8)40-28/h10,17-23H,9,11H2,1-8H3/b12-10-/t17-,18-,19-,20-,21+,22+,23-,25-,26-,27+,28-/m0/s1. The van der Waals surface area contributed by atoms with Gasteiger partial charge in [-0.05, 0) is 26.8 Å². The molecule has 0 amide bonds. The molecule has 0 bridgehead atoms. The Labute approximate surface area is 231 Å². The highest BCUT2D eigenvalue weighted by Crippen LogP contribution is 2.69. The number of epoxide rings is 2. The van der Waals surface area contributed by atoms with Crippen LogP contribution in [0.3, 0.4) is 0 Å². The van der Waals surface area contributed by atoms with Crippen LogP contribution in [0, 0.1) is 11.3 Å². The van der Waals surface area contributed by atoms with E-state index in [0.717, 1.165) is 0 Å². The number of carbonyl (C=O) groups is 5. The van der Waals surface area contributed by atoms with Crippen LogP contribution in [-0.4, -0.2) is 83.3 Å². The molecule has 0 aromatic rings. The third-order valence-corrected chi connectivity index (χ3v) is 9.36. The topological polar surface area (TPSA) is 157 Å². The largest absolute Gasteiger partial charge is 0.462 e. The summed E-state index contributed by atoms with van der Waals surface area (Å²) in [5, 5.41) is 0. The average Bonchev–Trinajstić information content (AvgIpc) is 3.64. The van der Waals surface area contributed by atoms with Crippen molar-refractivity contribution in [1.82, 2.24) is 0 Å². The first kappa shape index (κ1) is 28.5. The summed E-state index contributed by atoms with van der Waals surface area (Å²) >= 11 is 0. The summed E-state index contributed by atoms with van der Waals surface area (Å²) in [5.74, 6) is -3.99. The van der Waals surface area contributed by atoms with Crippen molar-refractivity contribution in [2.24, 2.45) is 11.3 Å². The summed E-state index contributed by atoms with van der Waals surface area (Å²) in [7, 11) is 0. The monoisotopic (exact) mass is 564 g/mol. The van der Waals surface area contributed by atoms with Crippen LogP contribution in [0.1, 0.15) is 68.2 Å². The van der Waals surface area contributed by atoms with Gasteiger partial charge >= 0.3 is 29.8 Å². The minimum Gasteiger partial charge on any atom is -0.462 e. The van der Waals surface area contributed by atoms with E-state index in [1.165, 1.54) is 27.7 Å². The van der Waals surface area contributed by atoms with Gasteiger partial charge in [0, 0.05) is 46.5 Å². The van der Waals surface area contributed by atoms with Crippen LogP contribution < -0.4 is 0 Å². The normalized spacial score (nSPS) is 47.9. The summed E-state index contributed by atoms with van der Waals surface area (Å²) in [6.45, 7) is 11.9. The molecular weight excluding hydrogens is 528 g/mol. The zero-order valence-electron chi connectivity index (χ0n) is 23.9. The van der Waals surface area contributed by atoms with Gasteiger partial charge in [0.25, 0.3) is 0 Å². The summed E-state index contributed by atoms with van der Waals surface area (Å²) in [4.78, 5) is 63.2. The summed E-state index contributed by atoms with van der Waals surface area (Å²) in [5.41, 5.74) is -4.56.